The highest BCUT2D eigenvalue weighted by Gasteiger charge is 2.35. The summed E-state index contributed by atoms with van der Waals surface area (Å²) in [6.45, 7) is 5.76. The average Bonchev–Trinajstić information content (AvgIpc) is 2.94. The summed E-state index contributed by atoms with van der Waals surface area (Å²) in [5, 5.41) is 0. The summed E-state index contributed by atoms with van der Waals surface area (Å²) in [5.74, 6) is -0.407. The summed E-state index contributed by atoms with van der Waals surface area (Å²) in [4.78, 5) is 25.0. The van der Waals surface area contributed by atoms with E-state index >= 15 is 0 Å². The van der Waals surface area contributed by atoms with Gasteiger partial charge in [0, 0.05) is 18.0 Å². The largest absolute Gasteiger partial charge is 0.465 e. The first kappa shape index (κ1) is 14.0. The lowest BCUT2D eigenvalue weighted by molar-refractivity contribution is -0.149. The van der Waals surface area contributed by atoms with Crippen LogP contribution in [-0.2, 0) is 14.3 Å². The number of hydrogen-bond acceptors (Lipinski definition) is 4. The second-order valence-corrected chi connectivity index (χ2v) is 5.22. The summed E-state index contributed by atoms with van der Waals surface area (Å²) in [7, 11) is 0. The Balaban J connectivity index is 2.53. The maximum Gasteiger partial charge on any atom is 0.325 e. The van der Waals surface area contributed by atoms with Gasteiger partial charge in [0.15, 0.2) is 0 Å². The van der Waals surface area contributed by atoms with Gasteiger partial charge in [-0.25, -0.2) is 0 Å². The molecule has 98 valence electrons. The number of carbonyl (C=O) groups excluding carboxylic acids is 2. The quantitative estimate of drug-likeness (QED) is 0.695. The maximum atomic E-state index is 12.0. The Hall–Kier alpha value is -1.10. The van der Waals surface area contributed by atoms with E-state index in [-0.39, 0.29) is 30.9 Å². The van der Waals surface area contributed by atoms with Gasteiger partial charge in [-0.15, -0.1) is 0 Å². The van der Waals surface area contributed by atoms with E-state index in [1.807, 2.05) is 0 Å². The predicted molar refractivity (Wildman–Crippen MR) is 64.3 cm³/mol. The molecule has 0 aromatic carbocycles. The summed E-state index contributed by atoms with van der Waals surface area (Å²) in [6.07, 6.45) is 2.19. The predicted octanol–water partition coefficient (Wildman–Crippen LogP) is 0.668. The van der Waals surface area contributed by atoms with Crippen molar-refractivity contribution in [1.82, 2.24) is 4.90 Å². The highest BCUT2D eigenvalue weighted by molar-refractivity contribution is 5.83. The van der Waals surface area contributed by atoms with E-state index in [4.69, 9.17) is 10.5 Å². The second kappa shape index (κ2) is 5.49. The van der Waals surface area contributed by atoms with Crippen LogP contribution in [0.3, 0.4) is 0 Å². The van der Waals surface area contributed by atoms with E-state index in [1.54, 1.807) is 25.7 Å². The van der Waals surface area contributed by atoms with Crippen molar-refractivity contribution in [2.24, 2.45) is 5.73 Å². The van der Waals surface area contributed by atoms with E-state index in [9.17, 15) is 9.59 Å². The van der Waals surface area contributed by atoms with Crippen LogP contribution in [0.15, 0.2) is 0 Å². The normalized spacial score (nSPS) is 15.5. The molecule has 0 saturated heterocycles. The van der Waals surface area contributed by atoms with E-state index in [2.05, 4.69) is 0 Å². The number of nitrogens with zero attached hydrogens (tertiary/aromatic N) is 1. The summed E-state index contributed by atoms with van der Waals surface area (Å²) >= 11 is 0. The Bertz CT molecular complexity index is 293. The fourth-order valence-corrected chi connectivity index (χ4v) is 1.64. The minimum atomic E-state index is -0.543. The van der Waals surface area contributed by atoms with Crippen LogP contribution in [0.2, 0.25) is 0 Å². The van der Waals surface area contributed by atoms with Crippen LogP contribution in [0.25, 0.3) is 0 Å². The summed E-state index contributed by atoms with van der Waals surface area (Å²) < 4.78 is 4.87. The Kier molecular flexibility index (Phi) is 4.51. The number of carbonyl (C=O) groups is 2. The first-order chi connectivity index (χ1) is 7.83. The number of esters is 1. The Morgan fingerprint density at radius 1 is 1.41 bits per heavy atom. The minimum absolute atomic E-state index is 0.0490. The molecule has 1 amide bonds. The number of ether oxygens (including phenoxy) is 1. The highest BCUT2D eigenvalue weighted by atomic mass is 16.5. The Morgan fingerprint density at radius 3 is 2.41 bits per heavy atom. The van der Waals surface area contributed by atoms with Crippen LogP contribution in [0.5, 0.6) is 0 Å². The molecule has 0 spiro atoms. The van der Waals surface area contributed by atoms with Crippen molar-refractivity contribution in [3.8, 4) is 0 Å². The molecule has 2 N–H and O–H groups in total. The fourth-order valence-electron chi connectivity index (χ4n) is 1.64. The SMILES string of the molecule is CCOC(=O)CN(C(=O)CC(C)(C)N)C1CC1. The molecule has 0 aromatic rings. The van der Waals surface area contributed by atoms with E-state index < -0.39 is 5.54 Å². The first-order valence-electron chi connectivity index (χ1n) is 6.07. The monoisotopic (exact) mass is 242 g/mol. The van der Waals surface area contributed by atoms with Gasteiger partial charge in [-0.1, -0.05) is 0 Å². The molecule has 0 heterocycles. The van der Waals surface area contributed by atoms with Crippen LogP contribution in [0.1, 0.15) is 40.0 Å². The second-order valence-electron chi connectivity index (χ2n) is 5.22. The standard InChI is InChI=1S/C12H22N2O3/c1-4-17-11(16)8-14(9-5-6-9)10(15)7-12(2,3)13/h9H,4-8,13H2,1-3H3. The van der Waals surface area contributed by atoms with Gasteiger partial charge in [0.1, 0.15) is 6.54 Å². The fraction of sp³-hybridized carbons (Fsp3) is 0.833. The molecule has 0 aromatic heterocycles. The third kappa shape index (κ3) is 5.17. The lowest BCUT2D eigenvalue weighted by Gasteiger charge is -2.25. The van der Waals surface area contributed by atoms with Crippen LogP contribution in [-0.4, -0.2) is 41.5 Å². The third-order valence-electron chi connectivity index (χ3n) is 2.52. The van der Waals surface area contributed by atoms with Gasteiger partial charge in [-0.3, -0.25) is 9.59 Å². The molecular formula is C12H22N2O3. The molecule has 17 heavy (non-hydrogen) atoms. The molecule has 0 aliphatic heterocycles. The molecule has 1 aliphatic carbocycles. The van der Waals surface area contributed by atoms with Crippen molar-refractivity contribution < 1.29 is 14.3 Å². The summed E-state index contributed by atoms with van der Waals surface area (Å²) in [5.41, 5.74) is 5.28. The summed E-state index contributed by atoms with van der Waals surface area (Å²) in [6, 6.07) is 0.203. The zero-order chi connectivity index (χ0) is 13.1. The van der Waals surface area contributed by atoms with Gasteiger partial charge in [-0.05, 0) is 33.6 Å². The van der Waals surface area contributed by atoms with Crippen molar-refractivity contribution in [3.63, 3.8) is 0 Å². The third-order valence-corrected chi connectivity index (χ3v) is 2.52. The van der Waals surface area contributed by atoms with E-state index in [1.165, 1.54) is 0 Å². The van der Waals surface area contributed by atoms with Gasteiger partial charge >= 0.3 is 5.97 Å². The number of nitrogens with two attached hydrogens (primary N) is 1. The van der Waals surface area contributed by atoms with Crippen molar-refractivity contribution in [3.05, 3.63) is 0 Å². The maximum absolute atomic E-state index is 12.0. The molecule has 1 aliphatic rings. The molecule has 0 unspecified atom stereocenters. The lowest BCUT2D eigenvalue weighted by atomic mass is 10.0. The molecule has 5 heteroatoms. The zero-order valence-corrected chi connectivity index (χ0v) is 10.9. The molecule has 1 fully saturated rings. The molecule has 1 saturated carbocycles. The molecule has 0 atom stereocenters. The highest BCUT2D eigenvalue weighted by Crippen LogP contribution is 2.28. The first-order valence-corrected chi connectivity index (χ1v) is 6.07. The van der Waals surface area contributed by atoms with Gasteiger partial charge in [-0.2, -0.15) is 0 Å². The van der Waals surface area contributed by atoms with Crippen LogP contribution >= 0.6 is 0 Å². The van der Waals surface area contributed by atoms with Crippen LogP contribution in [0, 0.1) is 0 Å². The Morgan fingerprint density at radius 2 is 2.00 bits per heavy atom. The topological polar surface area (TPSA) is 72.6 Å². The van der Waals surface area contributed by atoms with Gasteiger partial charge in [0.05, 0.1) is 6.61 Å². The van der Waals surface area contributed by atoms with E-state index in [0.717, 1.165) is 12.8 Å². The number of amides is 1. The number of hydrogen-bond donors (Lipinski definition) is 1. The van der Waals surface area contributed by atoms with Gasteiger partial charge < -0.3 is 15.4 Å². The molecule has 0 bridgehead atoms. The smallest absolute Gasteiger partial charge is 0.325 e. The van der Waals surface area contributed by atoms with Crippen LogP contribution < -0.4 is 5.73 Å². The average molecular weight is 242 g/mol. The van der Waals surface area contributed by atoms with Crippen molar-refractivity contribution >= 4 is 11.9 Å². The van der Waals surface area contributed by atoms with Gasteiger partial charge in [0.25, 0.3) is 0 Å². The molecule has 5 nitrogen and oxygen atoms in total. The number of rotatable bonds is 6. The molecule has 1 rings (SSSR count). The zero-order valence-electron chi connectivity index (χ0n) is 10.9. The van der Waals surface area contributed by atoms with Crippen LogP contribution in [0.4, 0.5) is 0 Å². The Labute approximate surface area is 102 Å². The minimum Gasteiger partial charge on any atom is -0.465 e. The van der Waals surface area contributed by atoms with E-state index in [0.29, 0.717) is 6.61 Å². The van der Waals surface area contributed by atoms with Crippen molar-refractivity contribution in [1.29, 1.82) is 0 Å². The van der Waals surface area contributed by atoms with Gasteiger partial charge in [0.2, 0.25) is 5.91 Å². The van der Waals surface area contributed by atoms with Crippen molar-refractivity contribution in [2.45, 2.75) is 51.6 Å². The molecular weight excluding hydrogens is 220 g/mol. The molecule has 0 radical (unpaired) electrons. The lowest BCUT2D eigenvalue weighted by Crippen LogP contribution is -2.44. The van der Waals surface area contributed by atoms with Crippen molar-refractivity contribution in [2.75, 3.05) is 13.2 Å².